The maximum atomic E-state index is 5.16. The van der Waals surface area contributed by atoms with Crippen LogP contribution < -0.4 is 0 Å². The van der Waals surface area contributed by atoms with E-state index in [9.17, 15) is 0 Å². The molecule has 63 heavy (non-hydrogen) atoms. The average Bonchev–Trinajstić information content (AvgIpc) is 4.00. The first-order valence-electron chi connectivity index (χ1n) is 21.3. The Morgan fingerprint density at radius 2 is 0.619 bits per heavy atom. The van der Waals surface area contributed by atoms with Gasteiger partial charge in [-0.15, -0.1) is 0 Å². The Balaban J connectivity index is 0.957. The minimum absolute atomic E-state index is 0.578. The monoisotopic (exact) mass is 804 g/mol. The lowest BCUT2D eigenvalue weighted by atomic mass is 10.0. The van der Waals surface area contributed by atoms with Gasteiger partial charge in [-0.2, -0.15) is 9.97 Å². The molecule has 294 valence electrons. The molecule has 0 unspecified atom stereocenters. The molecule has 9 aromatic carbocycles. The third kappa shape index (κ3) is 5.55. The summed E-state index contributed by atoms with van der Waals surface area (Å²) in [6, 6.07) is 77.5. The van der Waals surface area contributed by atoms with Gasteiger partial charge < -0.3 is 9.13 Å². The molecule has 0 aliphatic rings. The van der Waals surface area contributed by atoms with Crippen molar-refractivity contribution in [2.24, 2.45) is 0 Å². The van der Waals surface area contributed by atoms with E-state index in [4.69, 9.17) is 15.0 Å². The van der Waals surface area contributed by atoms with Gasteiger partial charge in [0.15, 0.2) is 11.6 Å². The van der Waals surface area contributed by atoms with Crippen LogP contribution in [0, 0.1) is 0 Å². The van der Waals surface area contributed by atoms with E-state index in [0.29, 0.717) is 17.6 Å². The molecule has 0 amide bonds. The second-order valence-corrected chi connectivity index (χ2v) is 16.1. The zero-order chi connectivity index (χ0) is 41.4. The van der Waals surface area contributed by atoms with Crippen LogP contribution in [0.4, 0.5) is 0 Å². The summed E-state index contributed by atoms with van der Waals surface area (Å²) in [5.74, 6) is 1.84. The van der Waals surface area contributed by atoms with Gasteiger partial charge in [-0.25, -0.2) is 4.98 Å². The van der Waals surface area contributed by atoms with Crippen LogP contribution >= 0.6 is 0 Å². The van der Waals surface area contributed by atoms with Crippen molar-refractivity contribution in [1.29, 1.82) is 0 Å². The Bertz CT molecular complexity index is 3790. The lowest BCUT2D eigenvalue weighted by Gasteiger charge is -2.12. The molecule has 13 aromatic rings. The minimum atomic E-state index is 0.578. The predicted molar refractivity (Wildman–Crippen MR) is 259 cm³/mol. The number of fused-ring (bicyclic) bond motifs is 9. The summed E-state index contributed by atoms with van der Waals surface area (Å²) >= 11 is 0. The molecule has 0 atom stereocenters. The van der Waals surface area contributed by atoms with Crippen molar-refractivity contribution >= 4 is 65.4 Å². The second kappa shape index (κ2) is 14.0. The highest BCUT2D eigenvalue weighted by atomic mass is 15.2. The second-order valence-electron chi connectivity index (χ2n) is 16.1. The summed E-state index contributed by atoms with van der Waals surface area (Å²) in [6.45, 7) is 0. The number of benzene rings is 9. The number of hydrogen-bond acceptors (Lipinski definition) is 3. The van der Waals surface area contributed by atoms with E-state index in [1.54, 1.807) is 0 Å². The summed E-state index contributed by atoms with van der Waals surface area (Å²) in [6.07, 6.45) is 0. The highest BCUT2D eigenvalue weighted by Crippen LogP contribution is 2.39. The van der Waals surface area contributed by atoms with Gasteiger partial charge in [0, 0.05) is 54.8 Å². The molecule has 0 aliphatic carbocycles. The van der Waals surface area contributed by atoms with E-state index in [-0.39, 0.29) is 0 Å². The van der Waals surface area contributed by atoms with Gasteiger partial charge >= 0.3 is 0 Å². The molecule has 0 N–H and O–H groups in total. The van der Waals surface area contributed by atoms with Gasteiger partial charge in [0.05, 0.1) is 33.1 Å². The van der Waals surface area contributed by atoms with Gasteiger partial charge in [0.2, 0.25) is 5.95 Å². The Morgan fingerprint density at radius 3 is 1.13 bits per heavy atom. The third-order valence-electron chi connectivity index (χ3n) is 12.5. The largest absolute Gasteiger partial charge is 0.309 e. The Labute approximate surface area is 362 Å². The molecule has 0 saturated carbocycles. The Hall–Kier alpha value is -8.61. The van der Waals surface area contributed by atoms with Crippen LogP contribution in [0.25, 0.3) is 117 Å². The number of rotatable bonds is 6. The molecule has 0 radical (unpaired) electrons. The molecule has 0 bridgehead atoms. The van der Waals surface area contributed by atoms with E-state index in [1.807, 2.05) is 60.7 Å². The zero-order valence-electron chi connectivity index (χ0n) is 34.0. The van der Waals surface area contributed by atoms with E-state index < -0.39 is 0 Å². The van der Waals surface area contributed by atoms with Crippen molar-refractivity contribution in [3.63, 3.8) is 0 Å². The van der Waals surface area contributed by atoms with Crippen LogP contribution in [0.2, 0.25) is 0 Å². The number of hydrogen-bond donors (Lipinski definition) is 0. The summed E-state index contributed by atoms with van der Waals surface area (Å²) < 4.78 is 6.96. The van der Waals surface area contributed by atoms with Crippen LogP contribution in [0.1, 0.15) is 0 Å². The van der Waals surface area contributed by atoms with Crippen LogP contribution in [0.15, 0.2) is 218 Å². The maximum Gasteiger partial charge on any atom is 0.238 e. The summed E-state index contributed by atoms with van der Waals surface area (Å²) in [5.41, 5.74) is 13.2. The molecule has 13 rings (SSSR count). The molecule has 4 heterocycles. The van der Waals surface area contributed by atoms with Crippen molar-refractivity contribution in [2.75, 3.05) is 0 Å². The van der Waals surface area contributed by atoms with Crippen molar-refractivity contribution in [3.05, 3.63) is 218 Å². The highest BCUT2D eigenvalue weighted by molar-refractivity contribution is 6.13. The van der Waals surface area contributed by atoms with E-state index >= 15 is 0 Å². The fraction of sp³-hybridized carbons (Fsp3) is 0. The smallest absolute Gasteiger partial charge is 0.238 e. The summed E-state index contributed by atoms with van der Waals surface area (Å²) in [7, 11) is 0. The van der Waals surface area contributed by atoms with Crippen LogP contribution in [-0.4, -0.2) is 28.7 Å². The summed E-state index contributed by atoms with van der Waals surface area (Å²) in [4.78, 5) is 15.3. The SMILES string of the molecule is c1ccc(-c2nc(-c3ccccc3)nc(-n3c4ccccc4c4ccc(-c5ccc6c(c5)c5ccccc5n6-c5ccc(-n6c7ccccc7c7ccccc76)cc5)cc43)n2)cc1. The van der Waals surface area contributed by atoms with E-state index in [1.165, 1.54) is 38.1 Å². The molecule has 6 nitrogen and oxygen atoms in total. The standard InChI is InChI=1S/C57H36N6/c1-3-15-37(16-4-1)55-58-56(38-17-5-2-6-18-38)60-57(59-55)63-52-26-14-9-21-45(52)47-33-27-40(36-54(47)63)39-28-34-53-48(35-39)46-22-10-13-25-51(46)62(53)42-31-29-41(30-32-42)61-49-23-11-7-19-43(49)44-20-8-12-24-50(44)61/h1-36H. The van der Waals surface area contributed by atoms with E-state index in [0.717, 1.165) is 61.0 Å². The van der Waals surface area contributed by atoms with Crippen molar-refractivity contribution < 1.29 is 0 Å². The quantitative estimate of drug-likeness (QED) is 0.168. The average molecular weight is 805 g/mol. The highest BCUT2D eigenvalue weighted by Gasteiger charge is 2.20. The van der Waals surface area contributed by atoms with Crippen LogP contribution in [0.5, 0.6) is 0 Å². The Kier molecular flexibility index (Phi) is 7.80. The molecule has 4 aromatic heterocycles. The number of para-hydroxylation sites is 4. The fourth-order valence-electron chi connectivity index (χ4n) is 9.65. The van der Waals surface area contributed by atoms with Gasteiger partial charge in [-0.05, 0) is 77.9 Å². The maximum absolute atomic E-state index is 5.16. The topological polar surface area (TPSA) is 53.5 Å². The molecular weight excluding hydrogens is 769 g/mol. The zero-order valence-corrected chi connectivity index (χ0v) is 34.0. The normalized spacial score (nSPS) is 11.8. The van der Waals surface area contributed by atoms with Gasteiger partial charge in [0.1, 0.15) is 0 Å². The number of aromatic nitrogens is 6. The van der Waals surface area contributed by atoms with Crippen LogP contribution in [-0.2, 0) is 0 Å². The van der Waals surface area contributed by atoms with Crippen molar-refractivity contribution in [3.8, 4) is 51.2 Å². The lowest BCUT2D eigenvalue weighted by Crippen LogP contribution is -2.06. The first-order chi connectivity index (χ1) is 31.2. The Morgan fingerprint density at radius 1 is 0.238 bits per heavy atom. The fourth-order valence-corrected chi connectivity index (χ4v) is 9.65. The van der Waals surface area contributed by atoms with Crippen LogP contribution in [0.3, 0.4) is 0 Å². The molecule has 0 spiro atoms. The van der Waals surface area contributed by atoms with Crippen molar-refractivity contribution in [2.45, 2.75) is 0 Å². The van der Waals surface area contributed by atoms with Gasteiger partial charge in [-0.3, -0.25) is 4.57 Å². The molecular formula is C57H36N6. The molecule has 0 aliphatic heterocycles. The lowest BCUT2D eigenvalue weighted by molar-refractivity contribution is 0.953. The first-order valence-corrected chi connectivity index (χ1v) is 21.3. The predicted octanol–water partition coefficient (Wildman–Crippen LogP) is 14.2. The van der Waals surface area contributed by atoms with Crippen molar-refractivity contribution in [1.82, 2.24) is 28.7 Å². The molecule has 6 heteroatoms. The molecule has 0 saturated heterocycles. The van der Waals surface area contributed by atoms with E-state index in [2.05, 4.69) is 171 Å². The van der Waals surface area contributed by atoms with Gasteiger partial charge in [-0.1, -0.05) is 152 Å². The van der Waals surface area contributed by atoms with Gasteiger partial charge in [0.25, 0.3) is 0 Å². The third-order valence-corrected chi connectivity index (χ3v) is 12.5. The first kappa shape index (κ1) is 35.2. The number of nitrogens with zero attached hydrogens (tertiary/aromatic N) is 6. The molecule has 0 fully saturated rings. The minimum Gasteiger partial charge on any atom is -0.309 e. The summed E-state index contributed by atoms with van der Waals surface area (Å²) in [5, 5.41) is 7.21.